The Morgan fingerprint density at radius 3 is 2.21 bits per heavy atom. The van der Waals surface area contributed by atoms with E-state index in [1.165, 1.54) is 31.4 Å². The zero-order chi connectivity index (χ0) is 25.1. The lowest BCUT2D eigenvalue weighted by Gasteiger charge is -2.24. The van der Waals surface area contributed by atoms with Crippen molar-refractivity contribution in [2.24, 2.45) is 0 Å². The summed E-state index contributed by atoms with van der Waals surface area (Å²) in [5.74, 6) is -1.20. The Balaban J connectivity index is 1.96. The number of rotatable bonds is 7. The van der Waals surface area contributed by atoms with Gasteiger partial charge in [-0.25, -0.2) is 12.8 Å². The number of alkyl halides is 3. The Morgan fingerprint density at radius 1 is 1.03 bits per heavy atom. The van der Waals surface area contributed by atoms with Crippen molar-refractivity contribution in [2.45, 2.75) is 11.1 Å². The first-order valence-corrected chi connectivity index (χ1v) is 11.3. The van der Waals surface area contributed by atoms with E-state index in [0.717, 1.165) is 40.7 Å². The predicted molar refractivity (Wildman–Crippen MR) is 119 cm³/mol. The van der Waals surface area contributed by atoms with Gasteiger partial charge in [-0.15, -0.1) is 0 Å². The zero-order valence-electron chi connectivity index (χ0n) is 17.4. The average molecular weight is 517 g/mol. The van der Waals surface area contributed by atoms with E-state index < -0.39 is 40.0 Å². The lowest BCUT2D eigenvalue weighted by molar-refractivity contribution is -0.137. The predicted octanol–water partition coefficient (Wildman–Crippen LogP) is 5.34. The molecule has 0 fully saturated rings. The molecular formula is C22H17ClF4N2O4S. The third-order valence-electron chi connectivity index (χ3n) is 4.62. The van der Waals surface area contributed by atoms with Gasteiger partial charge in [-0.2, -0.15) is 13.2 Å². The molecule has 0 aliphatic rings. The van der Waals surface area contributed by atoms with E-state index in [4.69, 9.17) is 16.3 Å². The van der Waals surface area contributed by atoms with E-state index in [1.807, 2.05) is 0 Å². The monoisotopic (exact) mass is 516 g/mol. The van der Waals surface area contributed by atoms with E-state index >= 15 is 0 Å². The highest BCUT2D eigenvalue weighted by Gasteiger charge is 2.32. The van der Waals surface area contributed by atoms with Gasteiger partial charge in [0.25, 0.3) is 10.0 Å². The summed E-state index contributed by atoms with van der Waals surface area (Å²) in [6.07, 6.45) is -4.68. The summed E-state index contributed by atoms with van der Waals surface area (Å²) in [4.78, 5) is 12.4. The van der Waals surface area contributed by atoms with Crippen LogP contribution in [0.3, 0.4) is 0 Å². The van der Waals surface area contributed by atoms with Crippen molar-refractivity contribution < 1.29 is 35.5 Å². The third kappa shape index (κ3) is 5.78. The van der Waals surface area contributed by atoms with Crippen LogP contribution in [-0.2, 0) is 21.0 Å². The molecule has 0 radical (unpaired) electrons. The second-order valence-corrected chi connectivity index (χ2v) is 9.17. The largest absolute Gasteiger partial charge is 0.497 e. The minimum Gasteiger partial charge on any atom is -0.497 e. The summed E-state index contributed by atoms with van der Waals surface area (Å²) in [5.41, 5.74) is -1.32. The van der Waals surface area contributed by atoms with Gasteiger partial charge in [-0.1, -0.05) is 11.6 Å². The fourth-order valence-corrected chi connectivity index (χ4v) is 4.50. The lowest BCUT2D eigenvalue weighted by Crippen LogP contribution is -2.38. The summed E-state index contributed by atoms with van der Waals surface area (Å²) in [7, 11) is -2.96. The molecule has 0 atom stereocenters. The molecule has 34 heavy (non-hydrogen) atoms. The van der Waals surface area contributed by atoms with Crippen LogP contribution in [0, 0.1) is 5.82 Å². The molecule has 12 heteroatoms. The number of methoxy groups -OCH3 is 1. The van der Waals surface area contributed by atoms with Gasteiger partial charge in [0.2, 0.25) is 5.91 Å². The molecular weight excluding hydrogens is 500 g/mol. The second-order valence-electron chi connectivity index (χ2n) is 6.90. The summed E-state index contributed by atoms with van der Waals surface area (Å²) in [6, 6.07) is 12.0. The Bertz CT molecular complexity index is 1280. The van der Waals surface area contributed by atoms with E-state index in [9.17, 15) is 30.8 Å². The number of carbonyl (C=O) groups is 1. The van der Waals surface area contributed by atoms with Crippen LogP contribution in [0.5, 0.6) is 5.75 Å². The van der Waals surface area contributed by atoms with Gasteiger partial charge in [0.05, 0.1) is 34.0 Å². The fraction of sp³-hybridized carbons (Fsp3) is 0.136. The van der Waals surface area contributed by atoms with E-state index in [1.54, 1.807) is 0 Å². The van der Waals surface area contributed by atoms with E-state index in [-0.39, 0.29) is 21.3 Å². The van der Waals surface area contributed by atoms with Crippen LogP contribution < -0.4 is 14.4 Å². The number of benzene rings is 3. The van der Waals surface area contributed by atoms with Crippen LogP contribution >= 0.6 is 11.6 Å². The first-order chi connectivity index (χ1) is 15.9. The van der Waals surface area contributed by atoms with Gasteiger partial charge in [-0.3, -0.25) is 9.10 Å². The first-order valence-electron chi connectivity index (χ1n) is 9.51. The van der Waals surface area contributed by atoms with Crippen LogP contribution in [0.1, 0.15) is 5.56 Å². The number of anilines is 2. The molecule has 0 saturated heterocycles. The smallest absolute Gasteiger partial charge is 0.416 e. The van der Waals surface area contributed by atoms with Crippen LogP contribution in [0.15, 0.2) is 71.6 Å². The highest BCUT2D eigenvalue weighted by atomic mass is 35.5. The van der Waals surface area contributed by atoms with Crippen molar-refractivity contribution in [3.05, 3.63) is 83.1 Å². The minimum absolute atomic E-state index is 0.0652. The molecule has 3 aromatic rings. The standard InChI is InChI=1S/C22H17ClF4N2O4S/c1-33-17-7-5-16(6-8-17)29(34(31,32)18-9-3-15(24)4-10-18)13-21(30)28-20-12-14(22(25,26)27)2-11-19(20)23/h2-12H,13H2,1H3,(H,28,30). The van der Waals surface area contributed by atoms with Crippen molar-refractivity contribution in [3.8, 4) is 5.75 Å². The minimum atomic E-state index is -4.68. The number of halogens is 5. The molecule has 0 saturated carbocycles. The van der Waals surface area contributed by atoms with Crippen molar-refractivity contribution >= 4 is 38.9 Å². The van der Waals surface area contributed by atoms with Crippen molar-refractivity contribution in [1.29, 1.82) is 0 Å². The number of nitrogens with zero attached hydrogens (tertiary/aromatic N) is 1. The molecule has 180 valence electrons. The molecule has 0 aliphatic carbocycles. The van der Waals surface area contributed by atoms with Crippen molar-refractivity contribution in [3.63, 3.8) is 0 Å². The molecule has 0 spiro atoms. The molecule has 0 heterocycles. The van der Waals surface area contributed by atoms with Crippen LogP contribution in [0.25, 0.3) is 0 Å². The molecule has 0 aliphatic heterocycles. The average Bonchev–Trinajstić information content (AvgIpc) is 2.78. The first kappa shape index (κ1) is 25.3. The zero-order valence-corrected chi connectivity index (χ0v) is 19.0. The summed E-state index contributed by atoms with van der Waals surface area (Å²) in [6.45, 7) is -0.807. The molecule has 3 aromatic carbocycles. The quantitative estimate of drug-likeness (QED) is 0.430. The van der Waals surface area contributed by atoms with Crippen LogP contribution in [0.2, 0.25) is 5.02 Å². The van der Waals surface area contributed by atoms with Gasteiger partial charge in [0.15, 0.2) is 0 Å². The number of carbonyl (C=O) groups excluding carboxylic acids is 1. The topological polar surface area (TPSA) is 75.7 Å². The molecule has 0 unspecified atom stereocenters. The molecule has 1 amide bonds. The summed E-state index contributed by atoms with van der Waals surface area (Å²) < 4.78 is 84.7. The lowest BCUT2D eigenvalue weighted by atomic mass is 10.2. The number of amides is 1. The fourth-order valence-electron chi connectivity index (χ4n) is 2.91. The summed E-state index contributed by atoms with van der Waals surface area (Å²) >= 11 is 5.91. The van der Waals surface area contributed by atoms with E-state index in [2.05, 4.69) is 5.32 Å². The van der Waals surface area contributed by atoms with Crippen LogP contribution in [0.4, 0.5) is 28.9 Å². The van der Waals surface area contributed by atoms with Gasteiger partial charge in [0, 0.05) is 0 Å². The maximum atomic E-state index is 13.3. The Labute approximate surface area is 197 Å². The van der Waals surface area contributed by atoms with E-state index in [0.29, 0.717) is 11.8 Å². The number of hydrogen-bond donors (Lipinski definition) is 1. The molecule has 0 bridgehead atoms. The molecule has 3 rings (SSSR count). The Hall–Kier alpha value is -3.31. The summed E-state index contributed by atoms with van der Waals surface area (Å²) in [5, 5.41) is 2.05. The maximum absolute atomic E-state index is 13.3. The molecule has 0 aromatic heterocycles. The van der Waals surface area contributed by atoms with Crippen molar-refractivity contribution in [1.82, 2.24) is 0 Å². The third-order valence-corrected chi connectivity index (χ3v) is 6.73. The van der Waals surface area contributed by atoms with Gasteiger partial charge < -0.3 is 10.1 Å². The van der Waals surface area contributed by atoms with Crippen molar-refractivity contribution in [2.75, 3.05) is 23.3 Å². The highest BCUT2D eigenvalue weighted by Crippen LogP contribution is 2.34. The van der Waals surface area contributed by atoms with Gasteiger partial charge >= 0.3 is 6.18 Å². The number of nitrogens with one attached hydrogen (secondary N) is 1. The van der Waals surface area contributed by atoms with Gasteiger partial charge in [-0.05, 0) is 66.7 Å². The molecule has 1 N–H and O–H groups in total. The highest BCUT2D eigenvalue weighted by molar-refractivity contribution is 7.92. The Morgan fingerprint density at radius 2 is 1.65 bits per heavy atom. The Kier molecular flexibility index (Phi) is 7.37. The number of sulfonamides is 1. The SMILES string of the molecule is COc1ccc(N(CC(=O)Nc2cc(C(F)(F)F)ccc2Cl)S(=O)(=O)c2ccc(F)cc2)cc1. The maximum Gasteiger partial charge on any atom is 0.416 e. The second kappa shape index (κ2) is 9.90. The normalized spacial score (nSPS) is 11.7. The van der Waals surface area contributed by atoms with Gasteiger partial charge in [0.1, 0.15) is 18.1 Å². The van der Waals surface area contributed by atoms with Crippen LogP contribution in [-0.4, -0.2) is 28.0 Å². The molecule has 6 nitrogen and oxygen atoms in total. The number of hydrogen-bond acceptors (Lipinski definition) is 4. The number of ether oxygens (including phenoxy) is 1.